The summed E-state index contributed by atoms with van der Waals surface area (Å²) < 4.78 is 5.12. The van der Waals surface area contributed by atoms with Crippen LogP contribution in [0.15, 0.2) is 48.5 Å². The van der Waals surface area contributed by atoms with Crippen molar-refractivity contribution in [2.45, 2.75) is 19.8 Å². The van der Waals surface area contributed by atoms with E-state index in [4.69, 9.17) is 4.74 Å². The first kappa shape index (κ1) is 16.6. The zero-order valence-corrected chi connectivity index (χ0v) is 13.7. The molecule has 3 nitrogen and oxygen atoms in total. The van der Waals surface area contributed by atoms with Crippen molar-refractivity contribution >= 4 is 5.91 Å². The zero-order chi connectivity index (χ0) is 16.7. The molecule has 2 rings (SSSR count). The molecule has 0 saturated heterocycles. The molecule has 2 aromatic rings. The Morgan fingerprint density at radius 1 is 1.04 bits per heavy atom. The van der Waals surface area contributed by atoms with E-state index in [9.17, 15) is 4.79 Å². The summed E-state index contributed by atoms with van der Waals surface area (Å²) in [6, 6.07) is 15.4. The third kappa shape index (κ3) is 4.62. The molecule has 118 valence electrons. The summed E-state index contributed by atoms with van der Waals surface area (Å²) in [5.74, 6) is 6.96. The van der Waals surface area contributed by atoms with Gasteiger partial charge in [-0.25, -0.2) is 0 Å². The lowest BCUT2D eigenvalue weighted by Gasteiger charge is -2.11. The maximum absolute atomic E-state index is 11.8. The fourth-order valence-electron chi connectivity index (χ4n) is 2.15. The number of hydrogen-bond donors (Lipinski definition) is 1. The van der Waals surface area contributed by atoms with Crippen molar-refractivity contribution in [3.63, 3.8) is 0 Å². The maximum Gasteiger partial charge on any atom is 0.227 e. The number of amides is 1. The largest absolute Gasteiger partial charge is 0.497 e. The summed E-state index contributed by atoms with van der Waals surface area (Å²) in [7, 11) is 1.64. The normalized spacial score (nSPS) is 11.1. The molecule has 23 heavy (non-hydrogen) atoms. The van der Waals surface area contributed by atoms with Gasteiger partial charge in [-0.1, -0.05) is 24.0 Å². The van der Waals surface area contributed by atoms with Gasteiger partial charge in [0, 0.05) is 17.7 Å². The quantitative estimate of drug-likeness (QED) is 0.880. The first-order valence-corrected chi connectivity index (χ1v) is 7.67. The molecule has 0 aliphatic rings. The van der Waals surface area contributed by atoms with Gasteiger partial charge in [0.1, 0.15) is 5.75 Å². The number of benzene rings is 2. The van der Waals surface area contributed by atoms with Crippen LogP contribution in [0.2, 0.25) is 0 Å². The standard InChI is InChI=1S/C20H21NO2/c1-4-21-20(22)15(2)18-11-7-16(8-12-18)5-6-17-9-13-19(23-3)14-10-17/h7-15H,4H2,1-3H3,(H,21,22). The molecule has 1 amide bonds. The summed E-state index contributed by atoms with van der Waals surface area (Å²) in [6.07, 6.45) is 0. The van der Waals surface area contributed by atoms with Gasteiger partial charge in [-0.3, -0.25) is 4.79 Å². The molecule has 0 spiro atoms. The van der Waals surface area contributed by atoms with Crippen LogP contribution in [0, 0.1) is 11.8 Å². The summed E-state index contributed by atoms with van der Waals surface area (Å²) in [6.45, 7) is 4.47. The van der Waals surface area contributed by atoms with Crippen LogP contribution in [0.1, 0.15) is 36.5 Å². The van der Waals surface area contributed by atoms with Crippen molar-refractivity contribution in [2.75, 3.05) is 13.7 Å². The molecule has 3 heteroatoms. The number of carbonyl (C=O) groups is 1. The van der Waals surface area contributed by atoms with Gasteiger partial charge in [0.15, 0.2) is 0 Å². The second-order valence-corrected chi connectivity index (χ2v) is 5.22. The van der Waals surface area contributed by atoms with Gasteiger partial charge in [-0.05, 0) is 55.8 Å². The van der Waals surface area contributed by atoms with Crippen molar-refractivity contribution in [2.24, 2.45) is 0 Å². The van der Waals surface area contributed by atoms with E-state index in [1.165, 1.54) is 0 Å². The Hall–Kier alpha value is -2.73. The number of carbonyl (C=O) groups excluding carboxylic acids is 1. The molecule has 1 N–H and O–H groups in total. The topological polar surface area (TPSA) is 38.3 Å². The molecule has 0 radical (unpaired) electrons. The predicted octanol–water partition coefficient (Wildman–Crippen LogP) is 3.33. The Morgan fingerprint density at radius 2 is 1.57 bits per heavy atom. The highest BCUT2D eigenvalue weighted by molar-refractivity contribution is 5.83. The van der Waals surface area contributed by atoms with Crippen LogP contribution in [0.3, 0.4) is 0 Å². The average molecular weight is 307 g/mol. The Labute approximate surface area is 137 Å². The molecular weight excluding hydrogens is 286 g/mol. The molecule has 0 aliphatic carbocycles. The van der Waals surface area contributed by atoms with Gasteiger partial charge >= 0.3 is 0 Å². The summed E-state index contributed by atoms with van der Waals surface area (Å²) in [5, 5.41) is 2.84. The smallest absolute Gasteiger partial charge is 0.227 e. The van der Waals surface area contributed by atoms with E-state index in [2.05, 4.69) is 17.2 Å². The molecule has 0 saturated carbocycles. The van der Waals surface area contributed by atoms with Crippen LogP contribution < -0.4 is 10.1 Å². The van der Waals surface area contributed by atoms with Gasteiger partial charge in [-0.2, -0.15) is 0 Å². The Bertz CT molecular complexity index is 706. The predicted molar refractivity (Wildman–Crippen MR) is 92.5 cm³/mol. The lowest BCUT2D eigenvalue weighted by Crippen LogP contribution is -2.27. The number of nitrogens with one attached hydrogen (secondary N) is 1. The Morgan fingerprint density at radius 3 is 2.04 bits per heavy atom. The molecule has 1 atom stereocenters. The van der Waals surface area contributed by atoms with Crippen LogP contribution >= 0.6 is 0 Å². The first-order chi connectivity index (χ1) is 11.1. The first-order valence-electron chi connectivity index (χ1n) is 7.67. The highest BCUT2D eigenvalue weighted by Crippen LogP contribution is 2.16. The van der Waals surface area contributed by atoms with Crippen molar-refractivity contribution in [1.82, 2.24) is 5.32 Å². The van der Waals surface area contributed by atoms with Gasteiger partial charge in [0.25, 0.3) is 0 Å². The summed E-state index contributed by atoms with van der Waals surface area (Å²) in [5.41, 5.74) is 2.85. The van der Waals surface area contributed by atoms with Crippen LogP contribution in [0.25, 0.3) is 0 Å². The van der Waals surface area contributed by atoms with E-state index >= 15 is 0 Å². The SMILES string of the molecule is CCNC(=O)C(C)c1ccc(C#Cc2ccc(OC)cc2)cc1. The second-order valence-electron chi connectivity index (χ2n) is 5.22. The van der Waals surface area contributed by atoms with Crippen molar-refractivity contribution in [3.8, 4) is 17.6 Å². The minimum absolute atomic E-state index is 0.0459. The van der Waals surface area contributed by atoms with Gasteiger partial charge in [-0.15, -0.1) is 0 Å². The lowest BCUT2D eigenvalue weighted by atomic mass is 9.99. The fourth-order valence-corrected chi connectivity index (χ4v) is 2.15. The third-order valence-corrected chi connectivity index (χ3v) is 3.60. The van der Waals surface area contributed by atoms with Crippen molar-refractivity contribution in [3.05, 3.63) is 65.2 Å². The number of methoxy groups -OCH3 is 1. The van der Waals surface area contributed by atoms with Gasteiger partial charge in [0.05, 0.1) is 13.0 Å². The van der Waals surface area contributed by atoms with E-state index in [1.807, 2.05) is 62.4 Å². The monoisotopic (exact) mass is 307 g/mol. The molecule has 0 aliphatic heterocycles. The number of rotatable bonds is 4. The molecule has 2 aromatic carbocycles. The van der Waals surface area contributed by atoms with Crippen molar-refractivity contribution in [1.29, 1.82) is 0 Å². The highest BCUT2D eigenvalue weighted by atomic mass is 16.5. The molecule has 0 heterocycles. The number of ether oxygens (including phenoxy) is 1. The fraction of sp³-hybridized carbons (Fsp3) is 0.250. The van der Waals surface area contributed by atoms with Crippen molar-refractivity contribution < 1.29 is 9.53 Å². The van der Waals surface area contributed by atoms with E-state index < -0.39 is 0 Å². The van der Waals surface area contributed by atoms with E-state index in [-0.39, 0.29) is 11.8 Å². The van der Waals surface area contributed by atoms with E-state index in [0.717, 1.165) is 22.4 Å². The molecule has 0 aromatic heterocycles. The van der Waals surface area contributed by atoms with Crippen LogP contribution in [-0.4, -0.2) is 19.6 Å². The van der Waals surface area contributed by atoms with E-state index in [1.54, 1.807) is 7.11 Å². The Kier molecular flexibility index (Phi) is 5.82. The Balaban J connectivity index is 2.08. The van der Waals surface area contributed by atoms with E-state index in [0.29, 0.717) is 6.54 Å². The van der Waals surface area contributed by atoms with Crippen LogP contribution in [0.4, 0.5) is 0 Å². The zero-order valence-electron chi connectivity index (χ0n) is 13.7. The minimum atomic E-state index is -0.154. The molecule has 1 unspecified atom stereocenters. The second kappa shape index (κ2) is 8.05. The molecule has 0 bridgehead atoms. The number of likely N-dealkylation sites (N-methyl/N-ethyl adjacent to an activating group) is 1. The molecular formula is C20H21NO2. The van der Waals surface area contributed by atoms with Crippen LogP contribution in [0.5, 0.6) is 5.75 Å². The summed E-state index contributed by atoms with van der Waals surface area (Å²) in [4.78, 5) is 11.8. The maximum atomic E-state index is 11.8. The minimum Gasteiger partial charge on any atom is -0.497 e. The highest BCUT2D eigenvalue weighted by Gasteiger charge is 2.13. The van der Waals surface area contributed by atoms with Gasteiger partial charge < -0.3 is 10.1 Å². The average Bonchev–Trinajstić information content (AvgIpc) is 2.60. The lowest BCUT2D eigenvalue weighted by molar-refractivity contribution is -0.122. The van der Waals surface area contributed by atoms with Gasteiger partial charge in [0.2, 0.25) is 5.91 Å². The molecule has 0 fully saturated rings. The third-order valence-electron chi connectivity index (χ3n) is 3.60. The van der Waals surface area contributed by atoms with Crippen LogP contribution in [-0.2, 0) is 4.79 Å². The summed E-state index contributed by atoms with van der Waals surface area (Å²) >= 11 is 0. The number of hydrogen-bond acceptors (Lipinski definition) is 2.